The molecule has 0 N–H and O–H groups in total. The molecule has 1 atom stereocenters. The van der Waals surface area contributed by atoms with Gasteiger partial charge in [-0.2, -0.15) is 0 Å². The fourth-order valence-electron chi connectivity index (χ4n) is 3.33. The standard InChI is InChI=1S/C19H23NO6S/c1-11-7-15(18-12(2)13(3)19(22)26-16(18)8-11)25-9-17(21)20(4)14-5-6-27(23,24)10-14/h7-8,14H,5-6,9-10H2,1-4H3. The molecule has 7 nitrogen and oxygen atoms in total. The second-order valence-electron chi connectivity index (χ2n) is 7.13. The van der Waals surface area contributed by atoms with Crippen LogP contribution in [-0.4, -0.2) is 50.4 Å². The van der Waals surface area contributed by atoms with E-state index in [-0.39, 0.29) is 30.1 Å². The molecule has 0 bridgehead atoms. The minimum absolute atomic E-state index is 0.00786. The van der Waals surface area contributed by atoms with Gasteiger partial charge in [0.2, 0.25) is 0 Å². The van der Waals surface area contributed by atoms with Crippen molar-refractivity contribution in [3.63, 3.8) is 0 Å². The van der Waals surface area contributed by atoms with Gasteiger partial charge in [0.25, 0.3) is 5.91 Å². The van der Waals surface area contributed by atoms with Crippen molar-refractivity contribution >= 4 is 26.7 Å². The molecule has 0 spiro atoms. The van der Waals surface area contributed by atoms with Gasteiger partial charge in [-0.05, 0) is 50.5 Å². The number of carbonyl (C=O) groups excluding carboxylic acids is 1. The number of benzene rings is 1. The van der Waals surface area contributed by atoms with Crippen molar-refractivity contribution in [2.75, 3.05) is 25.2 Å². The third-order valence-corrected chi connectivity index (χ3v) is 6.91. The van der Waals surface area contributed by atoms with Crippen molar-refractivity contribution in [3.05, 3.63) is 39.2 Å². The molecule has 0 saturated carbocycles. The van der Waals surface area contributed by atoms with Gasteiger partial charge in [0.1, 0.15) is 11.3 Å². The van der Waals surface area contributed by atoms with E-state index >= 15 is 0 Å². The van der Waals surface area contributed by atoms with Crippen LogP contribution in [0.25, 0.3) is 11.0 Å². The third kappa shape index (κ3) is 3.85. The number of hydrogen-bond acceptors (Lipinski definition) is 6. The monoisotopic (exact) mass is 393 g/mol. The van der Waals surface area contributed by atoms with Gasteiger partial charge in [-0.1, -0.05) is 0 Å². The first-order chi connectivity index (χ1) is 12.6. The molecule has 0 radical (unpaired) electrons. The molecule has 1 aromatic heterocycles. The van der Waals surface area contributed by atoms with Gasteiger partial charge in [-0.15, -0.1) is 0 Å². The van der Waals surface area contributed by atoms with Crippen LogP contribution in [0.3, 0.4) is 0 Å². The Morgan fingerprint density at radius 3 is 2.59 bits per heavy atom. The zero-order chi connectivity index (χ0) is 19.9. The summed E-state index contributed by atoms with van der Waals surface area (Å²) in [6.45, 7) is 5.12. The first kappa shape index (κ1) is 19.4. The lowest BCUT2D eigenvalue weighted by molar-refractivity contribution is -0.133. The van der Waals surface area contributed by atoms with Crippen molar-refractivity contribution in [1.82, 2.24) is 4.90 Å². The lowest BCUT2D eigenvalue weighted by Gasteiger charge is -2.23. The van der Waals surface area contributed by atoms with E-state index < -0.39 is 15.5 Å². The number of nitrogens with zero attached hydrogens (tertiary/aromatic N) is 1. The van der Waals surface area contributed by atoms with Crippen LogP contribution in [0.5, 0.6) is 5.75 Å². The van der Waals surface area contributed by atoms with Crippen LogP contribution in [-0.2, 0) is 14.6 Å². The van der Waals surface area contributed by atoms with Crippen LogP contribution in [0.2, 0.25) is 0 Å². The SMILES string of the molecule is Cc1cc(OCC(=O)N(C)C2CCS(=O)(=O)C2)c2c(C)c(C)c(=O)oc2c1. The van der Waals surface area contributed by atoms with Gasteiger partial charge in [-0.25, -0.2) is 13.2 Å². The fraction of sp³-hybridized carbons (Fsp3) is 0.474. The van der Waals surface area contributed by atoms with E-state index in [0.717, 1.165) is 11.1 Å². The van der Waals surface area contributed by atoms with E-state index in [0.29, 0.717) is 28.7 Å². The number of sulfone groups is 1. The average Bonchev–Trinajstić information content (AvgIpc) is 2.96. The summed E-state index contributed by atoms with van der Waals surface area (Å²) in [4.78, 5) is 25.8. The molecule has 1 aliphatic rings. The normalized spacial score (nSPS) is 18.6. The van der Waals surface area contributed by atoms with Crippen molar-refractivity contribution < 1.29 is 22.4 Å². The maximum atomic E-state index is 12.5. The number of aryl methyl sites for hydroxylation is 2. The molecule has 2 heterocycles. The first-order valence-corrected chi connectivity index (χ1v) is 10.5. The fourth-order valence-corrected chi connectivity index (χ4v) is 5.10. The smallest absolute Gasteiger partial charge is 0.339 e. The number of fused-ring (bicyclic) bond motifs is 1. The topological polar surface area (TPSA) is 93.9 Å². The predicted molar refractivity (Wildman–Crippen MR) is 102 cm³/mol. The molecule has 27 heavy (non-hydrogen) atoms. The van der Waals surface area contributed by atoms with E-state index in [2.05, 4.69) is 0 Å². The zero-order valence-electron chi connectivity index (χ0n) is 15.9. The van der Waals surface area contributed by atoms with Crippen molar-refractivity contribution in [3.8, 4) is 5.75 Å². The van der Waals surface area contributed by atoms with E-state index in [1.165, 1.54) is 4.90 Å². The number of amides is 1. The van der Waals surface area contributed by atoms with Crippen LogP contribution in [0.4, 0.5) is 0 Å². The Bertz CT molecular complexity index is 1070. The van der Waals surface area contributed by atoms with Gasteiger partial charge in [-0.3, -0.25) is 4.79 Å². The third-order valence-electron chi connectivity index (χ3n) is 5.16. The molecular weight excluding hydrogens is 370 g/mol. The predicted octanol–water partition coefficient (Wildman–Crippen LogP) is 1.74. The van der Waals surface area contributed by atoms with E-state index in [4.69, 9.17) is 9.15 Å². The van der Waals surface area contributed by atoms with Crippen LogP contribution >= 0.6 is 0 Å². The summed E-state index contributed by atoms with van der Waals surface area (Å²) >= 11 is 0. The van der Waals surface area contributed by atoms with Crippen molar-refractivity contribution in [1.29, 1.82) is 0 Å². The highest BCUT2D eigenvalue weighted by Crippen LogP contribution is 2.31. The molecule has 1 aliphatic heterocycles. The van der Waals surface area contributed by atoms with Gasteiger partial charge < -0.3 is 14.1 Å². The lowest BCUT2D eigenvalue weighted by atomic mass is 10.0. The summed E-state index contributed by atoms with van der Waals surface area (Å²) < 4.78 is 34.4. The molecule has 1 saturated heterocycles. The van der Waals surface area contributed by atoms with Crippen LogP contribution < -0.4 is 10.4 Å². The minimum atomic E-state index is -3.07. The summed E-state index contributed by atoms with van der Waals surface area (Å²) in [6.07, 6.45) is 0.446. The molecule has 3 rings (SSSR count). The van der Waals surface area contributed by atoms with Crippen molar-refractivity contribution in [2.45, 2.75) is 33.2 Å². The molecule has 146 valence electrons. The molecular formula is C19H23NO6S. The largest absolute Gasteiger partial charge is 0.483 e. The number of carbonyl (C=O) groups is 1. The summed E-state index contributed by atoms with van der Waals surface area (Å²) in [5.41, 5.74) is 2.11. The molecule has 1 aromatic carbocycles. The number of rotatable bonds is 4. The molecule has 8 heteroatoms. The Labute approximate surface area is 157 Å². The Morgan fingerprint density at radius 1 is 1.26 bits per heavy atom. The summed E-state index contributed by atoms with van der Waals surface area (Å²) in [6, 6.07) is 3.23. The Morgan fingerprint density at radius 2 is 1.96 bits per heavy atom. The Kier molecular flexibility index (Phi) is 5.03. The van der Waals surface area contributed by atoms with Gasteiger partial charge in [0.15, 0.2) is 16.4 Å². The molecule has 1 amide bonds. The first-order valence-electron chi connectivity index (χ1n) is 8.72. The van der Waals surface area contributed by atoms with Gasteiger partial charge in [0.05, 0.1) is 16.9 Å². The minimum Gasteiger partial charge on any atom is -0.483 e. The van der Waals surface area contributed by atoms with Gasteiger partial charge >= 0.3 is 5.63 Å². The van der Waals surface area contributed by atoms with E-state index in [9.17, 15) is 18.0 Å². The van der Waals surface area contributed by atoms with Crippen LogP contribution in [0.15, 0.2) is 21.3 Å². The average molecular weight is 393 g/mol. The van der Waals surface area contributed by atoms with Gasteiger partial charge in [0, 0.05) is 18.7 Å². The summed E-state index contributed by atoms with van der Waals surface area (Å²) in [5, 5.41) is 0.664. The van der Waals surface area contributed by atoms with E-state index in [1.54, 1.807) is 26.1 Å². The molecule has 1 fully saturated rings. The second kappa shape index (κ2) is 6.99. The highest BCUT2D eigenvalue weighted by atomic mass is 32.2. The number of hydrogen-bond donors (Lipinski definition) is 0. The maximum absolute atomic E-state index is 12.5. The highest BCUT2D eigenvalue weighted by molar-refractivity contribution is 7.91. The van der Waals surface area contributed by atoms with Crippen molar-refractivity contribution in [2.24, 2.45) is 0 Å². The Balaban J connectivity index is 1.84. The number of ether oxygens (including phenoxy) is 1. The second-order valence-corrected chi connectivity index (χ2v) is 9.35. The van der Waals surface area contributed by atoms with Crippen LogP contribution in [0.1, 0.15) is 23.1 Å². The Hall–Kier alpha value is -2.35. The summed E-state index contributed by atoms with van der Waals surface area (Å²) in [7, 11) is -1.47. The lowest BCUT2D eigenvalue weighted by Crippen LogP contribution is -2.40. The highest BCUT2D eigenvalue weighted by Gasteiger charge is 2.32. The van der Waals surface area contributed by atoms with Crippen LogP contribution in [0, 0.1) is 20.8 Å². The quantitative estimate of drug-likeness (QED) is 0.735. The molecule has 0 aliphatic carbocycles. The van der Waals surface area contributed by atoms with E-state index in [1.807, 2.05) is 13.8 Å². The maximum Gasteiger partial charge on any atom is 0.339 e. The number of likely N-dealkylation sites (N-methyl/N-ethyl adjacent to an activating group) is 1. The molecule has 1 unspecified atom stereocenters. The summed E-state index contributed by atoms with van der Waals surface area (Å²) in [5.74, 6) is 0.274. The zero-order valence-corrected chi connectivity index (χ0v) is 16.7. The molecule has 2 aromatic rings.